The van der Waals surface area contributed by atoms with Gasteiger partial charge in [0.25, 0.3) is 11.0 Å². The van der Waals surface area contributed by atoms with E-state index < -0.39 is 17.3 Å². The second-order valence-electron chi connectivity index (χ2n) is 6.60. The second kappa shape index (κ2) is 8.34. The van der Waals surface area contributed by atoms with Crippen LogP contribution < -0.4 is 0 Å². The van der Waals surface area contributed by atoms with Crippen molar-refractivity contribution in [3.05, 3.63) is 40.2 Å². The Hall–Kier alpha value is -2.01. The van der Waals surface area contributed by atoms with Crippen LogP contribution in [0.4, 0.5) is 0 Å². The number of hydrogen-bond acceptors (Lipinski definition) is 8. The summed E-state index contributed by atoms with van der Waals surface area (Å²) in [5, 5.41) is 9.77. The zero-order valence-corrected chi connectivity index (χ0v) is 15.3. The van der Waals surface area contributed by atoms with E-state index in [9.17, 15) is 14.9 Å². The molecule has 148 valence electrons. The maximum absolute atomic E-state index is 12.5. The summed E-state index contributed by atoms with van der Waals surface area (Å²) < 4.78 is 11.4. The highest BCUT2D eigenvalue weighted by Gasteiger charge is 2.51. The lowest BCUT2D eigenvalue weighted by atomic mass is 10.1. The van der Waals surface area contributed by atoms with Gasteiger partial charge in [-0.05, 0) is 12.1 Å². The van der Waals surface area contributed by atoms with Gasteiger partial charge in [-0.25, -0.2) is 0 Å². The van der Waals surface area contributed by atoms with Gasteiger partial charge >= 0.3 is 0 Å². The molecule has 1 aromatic heterocycles. The fourth-order valence-electron chi connectivity index (χ4n) is 3.89. The first kappa shape index (κ1) is 19.7. The summed E-state index contributed by atoms with van der Waals surface area (Å²) in [6, 6.07) is 3.54. The van der Waals surface area contributed by atoms with Crippen molar-refractivity contribution in [3.8, 4) is 0 Å². The molecule has 3 saturated heterocycles. The molecule has 10 nitrogen and oxygen atoms in total. The highest BCUT2D eigenvalue weighted by Crippen LogP contribution is 2.32. The maximum Gasteiger partial charge on any atom is 0.294 e. The van der Waals surface area contributed by atoms with Crippen LogP contribution in [-0.4, -0.2) is 89.5 Å². The molecule has 1 amide bonds. The van der Waals surface area contributed by atoms with E-state index in [2.05, 4.69) is 14.7 Å². The topological polar surface area (TPSA) is 107 Å². The summed E-state index contributed by atoms with van der Waals surface area (Å²) in [5.74, 6) is -0.0186. The van der Waals surface area contributed by atoms with Crippen LogP contribution in [0.2, 0.25) is 0 Å². The van der Waals surface area contributed by atoms with Crippen LogP contribution in [-0.2, 0) is 14.3 Å². The van der Waals surface area contributed by atoms with E-state index in [0.717, 1.165) is 0 Å². The Balaban J connectivity index is 0.00000210. The third kappa shape index (κ3) is 3.98. The number of carbonyl (C=O) groups excluding carboxylic acids is 1. The van der Waals surface area contributed by atoms with Crippen molar-refractivity contribution in [2.45, 2.75) is 24.4 Å². The van der Waals surface area contributed by atoms with Gasteiger partial charge in [0, 0.05) is 38.6 Å². The Morgan fingerprint density at radius 3 is 2.63 bits per heavy atom. The minimum absolute atomic E-state index is 0. The fraction of sp³-hybridized carbons (Fsp3) is 0.625. The number of fused-ring (bicyclic) bond motifs is 1. The number of amides is 1. The first-order valence-electron chi connectivity index (χ1n) is 8.61. The summed E-state index contributed by atoms with van der Waals surface area (Å²) in [5.41, 5.74) is 0.587. The van der Waals surface area contributed by atoms with E-state index in [-0.39, 0.29) is 37.1 Å². The summed E-state index contributed by atoms with van der Waals surface area (Å²) in [6.45, 7) is 3.23. The molecule has 0 spiro atoms. The molecule has 0 aliphatic carbocycles. The lowest BCUT2D eigenvalue weighted by molar-refractivity contribution is -0.769. The minimum atomic E-state index is -0.796. The van der Waals surface area contributed by atoms with Crippen molar-refractivity contribution in [2.75, 3.05) is 39.4 Å². The van der Waals surface area contributed by atoms with Crippen molar-refractivity contribution in [3.63, 3.8) is 0 Å². The SMILES string of the molecule is Cl.O=C(c1cccnc1)N1CCN([C@H]2CO[C@H]3[C@@H]2OC[C@@H]3O[N+](=O)[O-])CC1. The smallest absolute Gasteiger partial charge is 0.294 e. The number of aromatic nitrogens is 1. The van der Waals surface area contributed by atoms with Gasteiger partial charge < -0.3 is 19.2 Å². The quantitative estimate of drug-likeness (QED) is 0.513. The molecule has 4 heterocycles. The summed E-state index contributed by atoms with van der Waals surface area (Å²) in [6.07, 6.45) is 1.89. The number of hydrogen-bond donors (Lipinski definition) is 0. The van der Waals surface area contributed by atoms with Crippen molar-refractivity contribution in [1.82, 2.24) is 14.8 Å². The van der Waals surface area contributed by atoms with E-state index in [1.54, 1.807) is 24.5 Å². The molecule has 11 heteroatoms. The standard InChI is InChI=1S/C16H20N4O6.ClH/c21-16(11-2-1-3-17-8-11)19-6-4-18(5-7-19)12-9-24-15-13(26-20(22)23)10-25-14(12)15;/h1-3,8,12-15H,4-7,9-10H2;1H/t12-,13-,14+,15+;/m0./s1. The Bertz CT molecular complexity index is 672. The monoisotopic (exact) mass is 400 g/mol. The minimum Gasteiger partial charge on any atom is -0.371 e. The second-order valence-corrected chi connectivity index (χ2v) is 6.60. The van der Waals surface area contributed by atoms with Crippen molar-refractivity contribution in [2.24, 2.45) is 0 Å². The molecule has 3 aliphatic rings. The first-order valence-corrected chi connectivity index (χ1v) is 8.61. The third-order valence-corrected chi connectivity index (χ3v) is 5.18. The summed E-state index contributed by atoms with van der Waals surface area (Å²) in [4.78, 5) is 35.7. The normalized spacial score (nSPS) is 30.4. The number of carbonyl (C=O) groups is 1. The Kier molecular flexibility index (Phi) is 6.10. The van der Waals surface area contributed by atoms with E-state index in [1.807, 2.05) is 4.90 Å². The molecule has 0 saturated carbocycles. The van der Waals surface area contributed by atoms with E-state index in [4.69, 9.17) is 9.47 Å². The highest BCUT2D eigenvalue weighted by molar-refractivity contribution is 5.93. The average molecular weight is 401 g/mol. The van der Waals surface area contributed by atoms with Crippen LogP contribution in [0.15, 0.2) is 24.5 Å². The van der Waals surface area contributed by atoms with Crippen molar-refractivity contribution in [1.29, 1.82) is 0 Å². The first-order chi connectivity index (χ1) is 12.6. The van der Waals surface area contributed by atoms with Gasteiger partial charge in [0.2, 0.25) is 0 Å². The molecule has 4 atom stereocenters. The van der Waals surface area contributed by atoms with Gasteiger partial charge in [-0.1, -0.05) is 0 Å². The van der Waals surface area contributed by atoms with Crippen molar-refractivity contribution < 1.29 is 24.2 Å². The number of nitrogens with zero attached hydrogens (tertiary/aromatic N) is 4. The van der Waals surface area contributed by atoms with Gasteiger partial charge in [-0.2, -0.15) is 0 Å². The number of halogens is 1. The zero-order valence-electron chi connectivity index (χ0n) is 14.5. The molecule has 3 fully saturated rings. The maximum atomic E-state index is 12.5. The fourth-order valence-corrected chi connectivity index (χ4v) is 3.89. The Labute approximate surface area is 161 Å². The number of rotatable bonds is 4. The molecule has 1 aromatic rings. The van der Waals surface area contributed by atoms with Gasteiger partial charge in [0.05, 0.1) is 24.8 Å². The van der Waals surface area contributed by atoms with Gasteiger partial charge in [0.15, 0.2) is 6.10 Å². The molecule has 3 aliphatic heterocycles. The van der Waals surface area contributed by atoms with Crippen molar-refractivity contribution >= 4 is 18.3 Å². The molecule has 0 aromatic carbocycles. The predicted molar refractivity (Wildman–Crippen MR) is 94.1 cm³/mol. The molecular weight excluding hydrogens is 380 g/mol. The van der Waals surface area contributed by atoms with Crippen LogP contribution >= 0.6 is 12.4 Å². The molecular formula is C16H21ClN4O6. The number of ether oxygens (including phenoxy) is 2. The molecule has 0 N–H and O–H groups in total. The summed E-state index contributed by atoms with van der Waals surface area (Å²) >= 11 is 0. The highest BCUT2D eigenvalue weighted by atomic mass is 35.5. The lowest BCUT2D eigenvalue weighted by Crippen LogP contribution is -2.55. The Morgan fingerprint density at radius 2 is 1.96 bits per heavy atom. The van der Waals surface area contributed by atoms with Crippen LogP contribution in [0.1, 0.15) is 10.4 Å². The van der Waals surface area contributed by atoms with Gasteiger partial charge in [-0.15, -0.1) is 22.5 Å². The number of piperazine rings is 1. The molecule has 0 bridgehead atoms. The Morgan fingerprint density at radius 1 is 1.22 bits per heavy atom. The van der Waals surface area contributed by atoms with Gasteiger partial charge in [-0.3, -0.25) is 14.7 Å². The molecule has 27 heavy (non-hydrogen) atoms. The van der Waals surface area contributed by atoms with E-state index >= 15 is 0 Å². The summed E-state index contributed by atoms with van der Waals surface area (Å²) in [7, 11) is 0. The molecule has 0 unspecified atom stereocenters. The zero-order chi connectivity index (χ0) is 18.1. The lowest BCUT2D eigenvalue weighted by Gasteiger charge is -2.38. The van der Waals surface area contributed by atoms with Gasteiger partial charge in [0.1, 0.15) is 12.2 Å². The third-order valence-electron chi connectivity index (χ3n) is 5.18. The van der Waals surface area contributed by atoms with E-state index in [0.29, 0.717) is 38.3 Å². The largest absolute Gasteiger partial charge is 0.371 e. The van der Waals surface area contributed by atoms with Crippen LogP contribution in [0.25, 0.3) is 0 Å². The number of pyridine rings is 1. The van der Waals surface area contributed by atoms with Crippen LogP contribution in [0.3, 0.4) is 0 Å². The van der Waals surface area contributed by atoms with Crippen LogP contribution in [0, 0.1) is 10.1 Å². The predicted octanol–water partition coefficient (Wildman–Crippen LogP) is 0.00430. The molecule has 0 radical (unpaired) electrons. The van der Waals surface area contributed by atoms with Crippen LogP contribution in [0.5, 0.6) is 0 Å². The average Bonchev–Trinajstić information content (AvgIpc) is 3.25. The molecule has 4 rings (SSSR count). The van der Waals surface area contributed by atoms with E-state index in [1.165, 1.54) is 0 Å².